The van der Waals surface area contributed by atoms with Crippen LogP contribution in [0.5, 0.6) is 0 Å². The quantitative estimate of drug-likeness (QED) is 0.529. The van der Waals surface area contributed by atoms with Gasteiger partial charge in [0.2, 0.25) is 0 Å². The molecule has 0 fully saturated rings. The molecule has 4 heteroatoms. The zero-order chi connectivity index (χ0) is 10.1. The summed E-state index contributed by atoms with van der Waals surface area (Å²) in [5, 5.41) is 0. The first kappa shape index (κ1) is 9.52. The van der Waals surface area contributed by atoms with Crippen molar-refractivity contribution in [2.45, 2.75) is 4.95 Å². The van der Waals surface area contributed by atoms with Crippen LogP contribution in [0.25, 0.3) is 0 Å². The molecule has 0 bridgehead atoms. The van der Waals surface area contributed by atoms with Crippen LogP contribution >= 0.6 is 15.9 Å². The van der Waals surface area contributed by atoms with Crippen molar-refractivity contribution in [2.75, 3.05) is 14.2 Å². The zero-order valence-electron chi connectivity index (χ0n) is 8.07. The first-order valence-corrected chi connectivity index (χ1v) is 5.22. The Balaban J connectivity index is 2.36. The Morgan fingerprint density at radius 1 is 1.57 bits per heavy atom. The van der Waals surface area contributed by atoms with Gasteiger partial charge in [0.15, 0.2) is 4.95 Å². The van der Waals surface area contributed by atoms with Crippen molar-refractivity contribution < 1.29 is 4.74 Å². The van der Waals surface area contributed by atoms with Crippen LogP contribution in [0, 0.1) is 0 Å². The topological polar surface area (TPSA) is 24.8 Å². The fraction of sp³-hybridized carbons (Fsp3) is 0.300. The number of fused-ring (bicyclic) bond motifs is 1. The lowest BCUT2D eigenvalue weighted by Crippen LogP contribution is -2.19. The highest BCUT2D eigenvalue weighted by Crippen LogP contribution is 2.25. The second kappa shape index (κ2) is 3.61. The van der Waals surface area contributed by atoms with Gasteiger partial charge in [0, 0.05) is 25.0 Å². The van der Waals surface area contributed by atoms with Crippen LogP contribution in [0.4, 0.5) is 0 Å². The Hall–Kier alpha value is -1.03. The summed E-state index contributed by atoms with van der Waals surface area (Å²) in [6.07, 6.45) is 8.00. The molecular weight excluding hydrogens is 244 g/mol. The number of aliphatic imine (C=N–C) groups is 1. The van der Waals surface area contributed by atoms with Crippen LogP contribution in [-0.2, 0) is 4.74 Å². The normalized spacial score (nSPS) is 24.9. The van der Waals surface area contributed by atoms with E-state index in [1.165, 1.54) is 0 Å². The fourth-order valence-corrected chi connectivity index (χ4v) is 1.95. The Morgan fingerprint density at radius 3 is 3.07 bits per heavy atom. The number of halogens is 1. The number of nitrogens with zero attached hydrogens (tertiary/aromatic N) is 2. The zero-order valence-corrected chi connectivity index (χ0v) is 9.65. The van der Waals surface area contributed by atoms with Gasteiger partial charge >= 0.3 is 0 Å². The van der Waals surface area contributed by atoms with Crippen molar-refractivity contribution in [2.24, 2.45) is 4.99 Å². The van der Waals surface area contributed by atoms with E-state index in [2.05, 4.69) is 20.9 Å². The molecule has 74 valence electrons. The van der Waals surface area contributed by atoms with Gasteiger partial charge in [-0.2, -0.15) is 0 Å². The van der Waals surface area contributed by atoms with Crippen LogP contribution in [0.15, 0.2) is 40.9 Å². The molecule has 0 radical (unpaired) electrons. The van der Waals surface area contributed by atoms with Crippen molar-refractivity contribution in [3.05, 3.63) is 35.9 Å². The van der Waals surface area contributed by atoms with Gasteiger partial charge in [0.25, 0.3) is 0 Å². The number of allylic oxidation sites excluding steroid dienone is 3. The number of hydrogen-bond acceptors (Lipinski definition) is 3. The first-order valence-electron chi connectivity index (χ1n) is 4.30. The second-order valence-corrected chi connectivity index (χ2v) is 4.03. The summed E-state index contributed by atoms with van der Waals surface area (Å²) in [5.74, 6) is 0.837. The predicted molar refractivity (Wildman–Crippen MR) is 60.2 cm³/mol. The molecule has 0 aliphatic carbocycles. The third-order valence-corrected chi connectivity index (χ3v) is 2.78. The van der Waals surface area contributed by atoms with Gasteiger partial charge < -0.3 is 9.64 Å². The number of ether oxygens (including phenoxy) is 1. The number of rotatable bonds is 1. The SMILES string of the molecule is COC1=CC2=CN(C)C=CC2=NC1Br. The third-order valence-electron chi connectivity index (χ3n) is 2.13. The number of hydrogen-bond donors (Lipinski definition) is 0. The number of methoxy groups -OCH3 is 1. The summed E-state index contributed by atoms with van der Waals surface area (Å²) in [4.78, 5) is 6.38. The highest BCUT2D eigenvalue weighted by molar-refractivity contribution is 9.09. The summed E-state index contributed by atoms with van der Waals surface area (Å²) in [6, 6.07) is 0. The molecule has 3 nitrogen and oxygen atoms in total. The summed E-state index contributed by atoms with van der Waals surface area (Å²) in [6.45, 7) is 0. The van der Waals surface area contributed by atoms with Gasteiger partial charge in [0.05, 0.1) is 12.8 Å². The lowest BCUT2D eigenvalue weighted by molar-refractivity contribution is 0.282. The maximum Gasteiger partial charge on any atom is 0.162 e. The fourth-order valence-electron chi connectivity index (χ4n) is 1.41. The third kappa shape index (κ3) is 1.62. The Morgan fingerprint density at radius 2 is 2.36 bits per heavy atom. The van der Waals surface area contributed by atoms with Crippen LogP contribution in [0.1, 0.15) is 0 Å². The predicted octanol–water partition coefficient (Wildman–Crippen LogP) is 2.04. The Bertz CT molecular complexity index is 368. The Labute approximate surface area is 91.6 Å². The molecule has 0 aromatic carbocycles. The van der Waals surface area contributed by atoms with Crippen LogP contribution in [0.2, 0.25) is 0 Å². The number of alkyl halides is 1. The largest absolute Gasteiger partial charge is 0.498 e. The molecule has 0 saturated carbocycles. The summed E-state index contributed by atoms with van der Waals surface area (Å²) in [5.41, 5.74) is 2.08. The molecule has 0 aromatic heterocycles. The van der Waals surface area contributed by atoms with Crippen LogP contribution in [-0.4, -0.2) is 29.7 Å². The molecule has 0 amide bonds. The van der Waals surface area contributed by atoms with Crippen molar-refractivity contribution in [1.29, 1.82) is 0 Å². The molecule has 0 aromatic rings. The minimum absolute atomic E-state index is 0.0623. The molecule has 0 saturated heterocycles. The molecule has 14 heavy (non-hydrogen) atoms. The minimum atomic E-state index is -0.0623. The van der Waals surface area contributed by atoms with E-state index < -0.39 is 0 Å². The Kier molecular flexibility index (Phi) is 2.46. The van der Waals surface area contributed by atoms with Gasteiger partial charge in [-0.05, 0) is 12.2 Å². The van der Waals surface area contributed by atoms with Gasteiger partial charge in [-0.15, -0.1) is 0 Å². The van der Waals surface area contributed by atoms with Crippen molar-refractivity contribution >= 4 is 21.6 Å². The standard InChI is InChI=1S/C10H11BrN2O/c1-13-4-3-8-7(6-13)5-9(14-2)10(11)12-8/h3-6,10H,1-2H3. The number of dihydropyridines is 1. The minimum Gasteiger partial charge on any atom is -0.498 e. The van der Waals surface area contributed by atoms with E-state index in [9.17, 15) is 0 Å². The summed E-state index contributed by atoms with van der Waals surface area (Å²) < 4.78 is 5.21. The van der Waals surface area contributed by atoms with Gasteiger partial charge in [0.1, 0.15) is 5.76 Å². The monoisotopic (exact) mass is 254 g/mol. The smallest absolute Gasteiger partial charge is 0.162 e. The summed E-state index contributed by atoms with van der Waals surface area (Å²) >= 11 is 3.44. The summed E-state index contributed by atoms with van der Waals surface area (Å²) in [7, 11) is 3.64. The molecule has 2 aliphatic heterocycles. The van der Waals surface area contributed by atoms with E-state index in [0.29, 0.717) is 0 Å². The van der Waals surface area contributed by atoms with Crippen LogP contribution in [0.3, 0.4) is 0 Å². The molecule has 2 heterocycles. The van der Waals surface area contributed by atoms with E-state index in [0.717, 1.165) is 17.0 Å². The van der Waals surface area contributed by atoms with Crippen LogP contribution < -0.4 is 0 Å². The lowest BCUT2D eigenvalue weighted by Gasteiger charge is -2.22. The van der Waals surface area contributed by atoms with E-state index in [1.807, 2.05) is 36.5 Å². The second-order valence-electron chi connectivity index (χ2n) is 3.17. The molecule has 2 rings (SSSR count). The van der Waals surface area contributed by atoms with E-state index in [1.54, 1.807) is 7.11 Å². The molecule has 0 spiro atoms. The molecule has 0 N–H and O–H groups in total. The van der Waals surface area contributed by atoms with Gasteiger partial charge in [-0.1, -0.05) is 15.9 Å². The highest BCUT2D eigenvalue weighted by Gasteiger charge is 2.20. The maximum atomic E-state index is 5.21. The van der Waals surface area contributed by atoms with Gasteiger partial charge in [-0.25, -0.2) is 0 Å². The molecule has 1 unspecified atom stereocenters. The van der Waals surface area contributed by atoms with Crippen molar-refractivity contribution in [1.82, 2.24) is 4.90 Å². The van der Waals surface area contributed by atoms with E-state index in [4.69, 9.17) is 4.74 Å². The van der Waals surface area contributed by atoms with Crippen molar-refractivity contribution in [3.8, 4) is 0 Å². The van der Waals surface area contributed by atoms with E-state index >= 15 is 0 Å². The molecule has 1 atom stereocenters. The van der Waals surface area contributed by atoms with Gasteiger partial charge in [-0.3, -0.25) is 4.99 Å². The maximum absolute atomic E-state index is 5.21. The average molecular weight is 255 g/mol. The van der Waals surface area contributed by atoms with E-state index in [-0.39, 0.29) is 4.95 Å². The van der Waals surface area contributed by atoms with Crippen molar-refractivity contribution in [3.63, 3.8) is 0 Å². The lowest BCUT2D eigenvalue weighted by atomic mass is 10.1. The molecular formula is C10H11BrN2O. The highest BCUT2D eigenvalue weighted by atomic mass is 79.9. The first-order chi connectivity index (χ1) is 6.70. The molecule has 2 aliphatic rings. The average Bonchev–Trinajstić information content (AvgIpc) is 2.17.